The molecule has 1 heterocycles. The van der Waals surface area contributed by atoms with Gasteiger partial charge in [0.2, 0.25) is 0 Å². The molecule has 0 aliphatic rings. The van der Waals surface area contributed by atoms with Gasteiger partial charge in [0.05, 0.1) is 19.2 Å². The summed E-state index contributed by atoms with van der Waals surface area (Å²) in [6.45, 7) is 0. The van der Waals surface area contributed by atoms with Gasteiger partial charge in [-0.15, -0.1) is 0 Å². The van der Waals surface area contributed by atoms with Crippen molar-refractivity contribution in [3.8, 4) is 5.75 Å². The molecule has 1 N–H and O–H groups in total. The summed E-state index contributed by atoms with van der Waals surface area (Å²) in [5.74, 6) is -0.184. The first-order chi connectivity index (χ1) is 6.24. The number of carbonyl (C=O) groups is 1. The van der Waals surface area contributed by atoms with Gasteiger partial charge in [-0.1, -0.05) is 0 Å². The number of methoxy groups -OCH3 is 1. The fourth-order valence-electron chi connectivity index (χ4n) is 0.945. The summed E-state index contributed by atoms with van der Waals surface area (Å²) in [5.41, 5.74) is 0.521. The topological polar surface area (TPSA) is 59.4 Å². The first kappa shape index (κ1) is 9.51. The number of aromatic hydroxyl groups is 1. The number of rotatable bonds is 3. The van der Waals surface area contributed by atoms with E-state index in [4.69, 9.17) is 0 Å². The first-order valence-corrected chi connectivity index (χ1v) is 3.93. The summed E-state index contributed by atoms with van der Waals surface area (Å²) in [7, 11) is 1.33. The van der Waals surface area contributed by atoms with Crippen LogP contribution in [0.4, 0.5) is 0 Å². The van der Waals surface area contributed by atoms with Crippen LogP contribution in [0.15, 0.2) is 18.3 Å². The minimum absolute atomic E-state index is 0.117. The van der Waals surface area contributed by atoms with Gasteiger partial charge in [-0.25, -0.2) is 0 Å². The van der Waals surface area contributed by atoms with Crippen LogP contribution in [0, 0.1) is 0 Å². The Hall–Kier alpha value is -1.58. The van der Waals surface area contributed by atoms with Gasteiger partial charge in [0, 0.05) is 12.6 Å². The van der Waals surface area contributed by atoms with Crippen LogP contribution in [0.2, 0.25) is 0 Å². The Balaban J connectivity index is 2.54. The highest BCUT2D eigenvalue weighted by atomic mass is 16.5. The maximum atomic E-state index is 10.8. The minimum atomic E-state index is -0.301. The lowest BCUT2D eigenvalue weighted by molar-refractivity contribution is -0.140. The van der Waals surface area contributed by atoms with E-state index >= 15 is 0 Å². The molecule has 0 aliphatic heterocycles. The summed E-state index contributed by atoms with van der Waals surface area (Å²) >= 11 is 0. The highest BCUT2D eigenvalue weighted by Gasteiger charge is 2.05. The van der Waals surface area contributed by atoms with E-state index in [2.05, 4.69) is 9.72 Å². The molecule has 0 saturated carbocycles. The van der Waals surface area contributed by atoms with Crippen molar-refractivity contribution in [1.82, 2.24) is 4.98 Å². The Labute approximate surface area is 76.2 Å². The third kappa shape index (κ3) is 2.74. The number of nitrogens with zero attached hydrogens (tertiary/aromatic N) is 1. The van der Waals surface area contributed by atoms with Gasteiger partial charge in [-0.05, 0) is 12.1 Å². The van der Waals surface area contributed by atoms with Gasteiger partial charge in [-0.3, -0.25) is 9.78 Å². The zero-order valence-electron chi connectivity index (χ0n) is 7.36. The van der Waals surface area contributed by atoms with E-state index in [0.29, 0.717) is 12.1 Å². The molecule has 0 fully saturated rings. The summed E-state index contributed by atoms with van der Waals surface area (Å²) in [5, 5.41) is 9.28. The lowest BCUT2D eigenvalue weighted by atomic mass is 10.2. The zero-order chi connectivity index (χ0) is 9.68. The molecule has 0 unspecified atom stereocenters. The number of hydrogen-bond donors (Lipinski definition) is 1. The second kappa shape index (κ2) is 4.45. The average molecular weight is 181 g/mol. The quantitative estimate of drug-likeness (QED) is 0.703. The van der Waals surface area contributed by atoms with Crippen LogP contribution in [-0.4, -0.2) is 23.2 Å². The van der Waals surface area contributed by atoms with Crippen LogP contribution in [0.5, 0.6) is 5.75 Å². The van der Waals surface area contributed by atoms with E-state index < -0.39 is 0 Å². The minimum Gasteiger partial charge on any atom is -0.506 e. The average Bonchev–Trinajstić information content (AvgIpc) is 2.16. The first-order valence-electron chi connectivity index (χ1n) is 3.93. The Morgan fingerprint density at radius 2 is 2.46 bits per heavy atom. The number of ether oxygens (including phenoxy) is 1. The molecule has 0 aliphatic carbocycles. The molecule has 0 amide bonds. The van der Waals surface area contributed by atoms with E-state index in [1.165, 1.54) is 7.11 Å². The SMILES string of the molecule is COC(=O)CCc1ncccc1O. The maximum Gasteiger partial charge on any atom is 0.305 e. The third-order valence-electron chi connectivity index (χ3n) is 1.66. The maximum absolute atomic E-state index is 10.8. The summed E-state index contributed by atoms with van der Waals surface area (Å²) in [6, 6.07) is 3.18. The molecule has 0 spiro atoms. The summed E-state index contributed by atoms with van der Waals surface area (Å²) in [4.78, 5) is 14.7. The normalized spacial score (nSPS) is 9.62. The summed E-state index contributed by atoms with van der Waals surface area (Å²) < 4.78 is 4.46. The lowest BCUT2D eigenvalue weighted by Gasteiger charge is -2.01. The van der Waals surface area contributed by atoms with E-state index in [1.807, 2.05) is 0 Å². The predicted octanol–water partition coefficient (Wildman–Crippen LogP) is 0.893. The molecule has 0 radical (unpaired) electrons. The molecule has 1 aromatic rings. The monoisotopic (exact) mass is 181 g/mol. The lowest BCUT2D eigenvalue weighted by Crippen LogP contribution is -2.02. The second-order valence-corrected chi connectivity index (χ2v) is 2.55. The van der Waals surface area contributed by atoms with Crippen molar-refractivity contribution in [2.75, 3.05) is 7.11 Å². The molecular formula is C9H11NO3. The van der Waals surface area contributed by atoms with E-state index in [0.717, 1.165) is 0 Å². The fourth-order valence-corrected chi connectivity index (χ4v) is 0.945. The second-order valence-electron chi connectivity index (χ2n) is 2.55. The zero-order valence-corrected chi connectivity index (χ0v) is 7.36. The van der Waals surface area contributed by atoms with Gasteiger partial charge in [0.25, 0.3) is 0 Å². The molecule has 0 atom stereocenters. The van der Waals surface area contributed by atoms with Crippen molar-refractivity contribution in [1.29, 1.82) is 0 Å². The van der Waals surface area contributed by atoms with Crippen molar-refractivity contribution in [3.05, 3.63) is 24.0 Å². The number of esters is 1. The van der Waals surface area contributed by atoms with E-state index in [9.17, 15) is 9.90 Å². The van der Waals surface area contributed by atoms with Crippen molar-refractivity contribution in [2.24, 2.45) is 0 Å². The Morgan fingerprint density at radius 3 is 3.08 bits per heavy atom. The van der Waals surface area contributed by atoms with Crippen LogP contribution in [-0.2, 0) is 16.0 Å². The third-order valence-corrected chi connectivity index (χ3v) is 1.66. The molecule has 4 nitrogen and oxygen atoms in total. The Morgan fingerprint density at radius 1 is 1.69 bits per heavy atom. The van der Waals surface area contributed by atoms with Gasteiger partial charge in [0.15, 0.2) is 0 Å². The van der Waals surface area contributed by atoms with Crippen molar-refractivity contribution < 1.29 is 14.6 Å². The van der Waals surface area contributed by atoms with Gasteiger partial charge in [-0.2, -0.15) is 0 Å². The summed E-state index contributed by atoms with van der Waals surface area (Å²) in [6.07, 6.45) is 2.22. The highest BCUT2D eigenvalue weighted by molar-refractivity contribution is 5.69. The van der Waals surface area contributed by atoms with E-state index in [1.54, 1.807) is 18.3 Å². The molecule has 1 rings (SSSR count). The van der Waals surface area contributed by atoms with Crippen LogP contribution in [0.1, 0.15) is 12.1 Å². The van der Waals surface area contributed by atoms with Crippen molar-refractivity contribution in [2.45, 2.75) is 12.8 Å². The number of pyridine rings is 1. The Bertz CT molecular complexity index is 299. The number of carbonyl (C=O) groups excluding carboxylic acids is 1. The van der Waals surface area contributed by atoms with Gasteiger partial charge < -0.3 is 9.84 Å². The molecule has 4 heteroatoms. The number of aromatic nitrogens is 1. The molecule has 0 bridgehead atoms. The molecule has 70 valence electrons. The predicted molar refractivity (Wildman–Crippen MR) is 46.2 cm³/mol. The van der Waals surface area contributed by atoms with Crippen LogP contribution >= 0.6 is 0 Å². The highest BCUT2D eigenvalue weighted by Crippen LogP contribution is 2.14. The molecular weight excluding hydrogens is 170 g/mol. The largest absolute Gasteiger partial charge is 0.506 e. The molecule has 1 aromatic heterocycles. The number of hydrogen-bond acceptors (Lipinski definition) is 4. The van der Waals surface area contributed by atoms with Crippen LogP contribution in [0.3, 0.4) is 0 Å². The van der Waals surface area contributed by atoms with Gasteiger partial charge >= 0.3 is 5.97 Å². The molecule has 0 aromatic carbocycles. The Kier molecular flexibility index (Phi) is 3.25. The van der Waals surface area contributed by atoms with Crippen molar-refractivity contribution >= 4 is 5.97 Å². The van der Waals surface area contributed by atoms with Crippen LogP contribution < -0.4 is 0 Å². The van der Waals surface area contributed by atoms with Crippen LogP contribution in [0.25, 0.3) is 0 Å². The molecule has 0 saturated heterocycles. The smallest absolute Gasteiger partial charge is 0.305 e. The fraction of sp³-hybridized carbons (Fsp3) is 0.333. The van der Waals surface area contributed by atoms with Gasteiger partial charge in [0.1, 0.15) is 5.75 Å². The number of aryl methyl sites for hydroxylation is 1. The standard InChI is InChI=1S/C9H11NO3/c1-13-9(12)5-4-7-8(11)3-2-6-10-7/h2-3,6,11H,4-5H2,1H3. The van der Waals surface area contributed by atoms with E-state index in [-0.39, 0.29) is 18.1 Å². The van der Waals surface area contributed by atoms with Crippen molar-refractivity contribution in [3.63, 3.8) is 0 Å². The molecule has 13 heavy (non-hydrogen) atoms.